The van der Waals surface area contributed by atoms with Crippen LogP contribution in [0.4, 0.5) is 11.4 Å². The van der Waals surface area contributed by atoms with Crippen LogP contribution in [0.3, 0.4) is 0 Å². The van der Waals surface area contributed by atoms with Crippen LogP contribution in [0, 0.1) is 0 Å². The number of benzene rings is 3. The van der Waals surface area contributed by atoms with Gasteiger partial charge in [-0.3, -0.25) is 0 Å². The summed E-state index contributed by atoms with van der Waals surface area (Å²) in [6.45, 7) is 1.66. The second kappa shape index (κ2) is 6.81. The van der Waals surface area contributed by atoms with E-state index in [1.165, 1.54) is 39.2 Å². The van der Waals surface area contributed by atoms with E-state index >= 15 is 0 Å². The van der Waals surface area contributed by atoms with Crippen molar-refractivity contribution in [1.82, 2.24) is 0 Å². The number of nitrogens with one attached hydrogen (secondary N) is 2. The van der Waals surface area contributed by atoms with E-state index in [1.54, 1.807) is 0 Å². The highest BCUT2D eigenvalue weighted by molar-refractivity contribution is 5.71. The summed E-state index contributed by atoms with van der Waals surface area (Å²) >= 11 is 0. The molecule has 0 aliphatic carbocycles. The van der Waals surface area contributed by atoms with E-state index in [2.05, 4.69) is 102 Å². The Balaban J connectivity index is 1.68. The Hall–Kier alpha value is -3.26. The maximum atomic E-state index is 3.63. The van der Waals surface area contributed by atoms with Crippen LogP contribution >= 0.6 is 0 Å². The predicted octanol–water partition coefficient (Wildman–Crippen LogP) is 6.05. The molecular formula is C25H22N2. The number of allylic oxidation sites excluding steroid dienone is 2. The molecule has 0 aromatic heterocycles. The Morgan fingerprint density at radius 2 is 1.11 bits per heavy atom. The van der Waals surface area contributed by atoms with E-state index in [0.717, 1.165) is 13.1 Å². The van der Waals surface area contributed by atoms with Crippen LogP contribution < -0.4 is 10.6 Å². The maximum absolute atomic E-state index is 3.63. The van der Waals surface area contributed by atoms with E-state index in [4.69, 9.17) is 0 Å². The van der Waals surface area contributed by atoms with Crippen LogP contribution in [0.5, 0.6) is 0 Å². The molecule has 27 heavy (non-hydrogen) atoms. The van der Waals surface area contributed by atoms with Gasteiger partial charge < -0.3 is 10.6 Å². The number of hydrogen-bond donors (Lipinski definition) is 2. The standard InChI is InChI=1S/C25H22N2/c1-3-10-23-18(6-1)12-14-20-15-13-19-7-2-4-11-24(19)27-17-22-9-5-8-21(16-26-23)25(20)22/h1-15,20,26-27H,16-17H2/b14-12+,15-13?. The lowest BCUT2D eigenvalue weighted by Gasteiger charge is -2.19. The zero-order chi connectivity index (χ0) is 18.1. The van der Waals surface area contributed by atoms with Crippen LogP contribution in [0.15, 0.2) is 78.9 Å². The molecular weight excluding hydrogens is 328 g/mol. The number of rotatable bonds is 0. The first kappa shape index (κ1) is 16.0. The van der Waals surface area contributed by atoms with Crippen molar-refractivity contribution in [1.29, 1.82) is 0 Å². The highest BCUT2D eigenvalue weighted by Crippen LogP contribution is 2.34. The molecule has 2 nitrogen and oxygen atoms in total. The topological polar surface area (TPSA) is 24.1 Å². The van der Waals surface area contributed by atoms with Gasteiger partial charge in [0.2, 0.25) is 0 Å². The molecule has 0 saturated carbocycles. The zero-order valence-corrected chi connectivity index (χ0v) is 15.2. The van der Waals surface area contributed by atoms with Gasteiger partial charge in [0, 0.05) is 30.4 Å². The molecule has 0 spiro atoms. The molecule has 132 valence electrons. The van der Waals surface area contributed by atoms with Gasteiger partial charge in [0.15, 0.2) is 0 Å². The summed E-state index contributed by atoms with van der Waals surface area (Å²) in [5.41, 5.74) is 8.96. The third kappa shape index (κ3) is 3.04. The number of hydrogen-bond acceptors (Lipinski definition) is 2. The quantitative estimate of drug-likeness (QED) is 0.516. The van der Waals surface area contributed by atoms with Crippen molar-refractivity contribution in [2.75, 3.05) is 10.6 Å². The zero-order valence-electron chi connectivity index (χ0n) is 15.2. The van der Waals surface area contributed by atoms with E-state index in [9.17, 15) is 0 Å². The van der Waals surface area contributed by atoms with Gasteiger partial charge in [0.05, 0.1) is 0 Å². The Kier molecular flexibility index (Phi) is 4.02. The van der Waals surface area contributed by atoms with Gasteiger partial charge >= 0.3 is 0 Å². The molecule has 3 aromatic rings. The fraction of sp³-hybridized carbons (Fsp3) is 0.120. The molecule has 0 fully saturated rings. The van der Waals surface area contributed by atoms with E-state index in [-0.39, 0.29) is 5.92 Å². The molecule has 0 bridgehead atoms. The fourth-order valence-electron chi connectivity index (χ4n) is 4.06. The summed E-state index contributed by atoms with van der Waals surface area (Å²) in [7, 11) is 0. The average molecular weight is 350 g/mol. The van der Waals surface area contributed by atoms with Crippen molar-refractivity contribution in [3.8, 4) is 0 Å². The monoisotopic (exact) mass is 350 g/mol. The van der Waals surface area contributed by atoms with Crippen molar-refractivity contribution in [3.05, 3.63) is 107 Å². The Morgan fingerprint density at radius 3 is 1.67 bits per heavy atom. The van der Waals surface area contributed by atoms with Gasteiger partial charge in [-0.2, -0.15) is 0 Å². The average Bonchev–Trinajstić information content (AvgIpc) is 2.84. The molecule has 3 aromatic carbocycles. The van der Waals surface area contributed by atoms with Crippen LogP contribution in [0.1, 0.15) is 33.7 Å². The smallest absolute Gasteiger partial charge is 0.0416 e. The summed E-state index contributed by atoms with van der Waals surface area (Å²) in [6, 6.07) is 23.7. The van der Waals surface area contributed by atoms with Gasteiger partial charge in [-0.05, 0) is 39.9 Å². The van der Waals surface area contributed by atoms with Gasteiger partial charge in [-0.25, -0.2) is 0 Å². The minimum absolute atomic E-state index is 0.247. The second-order valence-electron chi connectivity index (χ2n) is 7.12. The molecule has 2 aliphatic heterocycles. The molecule has 1 unspecified atom stereocenters. The van der Waals surface area contributed by atoms with Crippen molar-refractivity contribution in [2.24, 2.45) is 0 Å². The summed E-state index contributed by atoms with van der Waals surface area (Å²) in [6.07, 6.45) is 9.16. The molecule has 0 saturated heterocycles. The highest BCUT2D eigenvalue weighted by atomic mass is 14.9. The lowest BCUT2D eigenvalue weighted by molar-refractivity contribution is 0.974. The summed E-state index contributed by atoms with van der Waals surface area (Å²) in [4.78, 5) is 0. The molecule has 1 atom stereocenters. The van der Waals surface area contributed by atoms with E-state index in [1.807, 2.05) is 0 Å². The Labute approximate surface area is 160 Å². The van der Waals surface area contributed by atoms with Crippen molar-refractivity contribution in [3.63, 3.8) is 0 Å². The molecule has 2 heteroatoms. The van der Waals surface area contributed by atoms with Crippen LogP contribution in [-0.4, -0.2) is 0 Å². The first-order valence-electron chi connectivity index (χ1n) is 9.51. The summed E-state index contributed by atoms with van der Waals surface area (Å²) in [5, 5.41) is 7.26. The number of anilines is 2. The van der Waals surface area contributed by atoms with Crippen LogP contribution in [-0.2, 0) is 13.1 Å². The highest BCUT2D eigenvalue weighted by Gasteiger charge is 2.18. The van der Waals surface area contributed by atoms with Gasteiger partial charge in [-0.15, -0.1) is 0 Å². The van der Waals surface area contributed by atoms with Crippen molar-refractivity contribution >= 4 is 23.5 Å². The van der Waals surface area contributed by atoms with E-state index < -0.39 is 0 Å². The predicted molar refractivity (Wildman–Crippen MR) is 115 cm³/mol. The SMILES string of the molecule is C1=CC2/C=C/c3ccccc3NCc3cccc(c32)CNc2ccccc21. The molecule has 0 radical (unpaired) electrons. The van der Waals surface area contributed by atoms with Gasteiger partial charge in [0.1, 0.15) is 0 Å². The van der Waals surface area contributed by atoms with Crippen molar-refractivity contribution in [2.45, 2.75) is 19.0 Å². The van der Waals surface area contributed by atoms with Crippen LogP contribution in [0.2, 0.25) is 0 Å². The summed E-state index contributed by atoms with van der Waals surface area (Å²) < 4.78 is 0. The number of fused-ring (bicyclic) bond motifs is 2. The molecule has 2 N–H and O–H groups in total. The minimum Gasteiger partial charge on any atom is -0.380 e. The normalized spacial score (nSPS) is 18.4. The Bertz CT molecular complexity index is 966. The third-order valence-corrected chi connectivity index (χ3v) is 5.45. The first-order chi connectivity index (χ1) is 13.4. The lowest BCUT2D eigenvalue weighted by Crippen LogP contribution is -2.10. The Morgan fingerprint density at radius 1 is 0.593 bits per heavy atom. The van der Waals surface area contributed by atoms with Crippen molar-refractivity contribution < 1.29 is 0 Å². The molecule has 2 aliphatic rings. The first-order valence-corrected chi connectivity index (χ1v) is 9.51. The lowest BCUT2D eigenvalue weighted by atomic mass is 9.88. The summed E-state index contributed by atoms with van der Waals surface area (Å²) in [5.74, 6) is 0.247. The van der Waals surface area contributed by atoms with Gasteiger partial charge in [-0.1, -0.05) is 78.9 Å². The fourth-order valence-corrected chi connectivity index (χ4v) is 4.06. The molecule has 5 rings (SSSR count). The third-order valence-electron chi connectivity index (χ3n) is 5.45. The van der Waals surface area contributed by atoms with Crippen LogP contribution in [0.25, 0.3) is 12.2 Å². The second-order valence-corrected chi connectivity index (χ2v) is 7.12. The number of para-hydroxylation sites is 2. The maximum Gasteiger partial charge on any atom is 0.0416 e. The van der Waals surface area contributed by atoms with Gasteiger partial charge in [0.25, 0.3) is 0 Å². The minimum atomic E-state index is 0.247. The molecule has 0 amide bonds. The molecule has 2 heterocycles. The van der Waals surface area contributed by atoms with E-state index in [0.29, 0.717) is 0 Å². The largest absolute Gasteiger partial charge is 0.380 e.